The Morgan fingerprint density at radius 3 is 3.00 bits per heavy atom. The number of aromatic nitrogens is 2. The van der Waals surface area contributed by atoms with Gasteiger partial charge in [0.1, 0.15) is 10.6 Å². The number of furan rings is 1. The lowest BCUT2D eigenvalue weighted by Gasteiger charge is -2.09. The van der Waals surface area contributed by atoms with Crippen LogP contribution in [0.5, 0.6) is 0 Å². The van der Waals surface area contributed by atoms with E-state index in [4.69, 9.17) is 9.52 Å². The molecule has 124 valence electrons. The van der Waals surface area contributed by atoms with Gasteiger partial charge in [0.15, 0.2) is 5.16 Å². The molecule has 0 aliphatic heterocycles. The van der Waals surface area contributed by atoms with Crippen LogP contribution in [0.1, 0.15) is 39.6 Å². The summed E-state index contributed by atoms with van der Waals surface area (Å²) in [6.07, 6.45) is 4.28. The van der Waals surface area contributed by atoms with Gasteiger partial charge < -0.3 is 14.5 Å². The van der Waals surface area contributed by atoms with E-state index in [1.54, 1.807) is 17.4 Å². The maximum atomic E-state index is 12.4. The molecule has 4 rings (SSSR count). The Morgan fingerprint density at radius 2 is 2.21 bits per heavy atom. The van der Waals surface area contributed by atoms with Gasteiger partial charge in [-0.15, -0.1) is 11.3 Å². The molecule has 3 aromatic rings. The molecule has 0 aromatic carbocycles. The second-order valence-electron chi connectivity index (χ2n) is 5.62. The lowest BCUT2D eigenvalue weighted by Crippen LogP contribution is -2.10. The van der Waals surface area contributed by atoms with E-state index in [0.29, 0.717) is 16.7 Å². The molecule has 1 aliphatic carbocycles. The predicted molar refractivity (Wildman–Crippen MR) is 92.1 cm³/mol. The van der Waals surface area contributed by atoms with Crippen LogP contribution in [-0.2, 0) is 18.6 Å². The van der Waals surface area contributed by atoms with Gasteiger partial charge in [0.05, 0.1) is 11.1 Å². The van der Waals surface area contributed by atoms with Crippen LogP contribution in [-0.4, -0.2) is 21.0 Å². The van der Waals surface area contributed by atoms with E-state index >= 15 is 0 Å². The van der Waals surface area contributed by atoms with Crippen molar-refractivity contribution < 1.29 is 14.3 Å². The Kier molecular flexibility index (Phi) is 3.93. The maximum Gasteiger partial charge on any atom is 0.371 e. The van der Waals surface area contributed by atoms with Crippen LogP contribution in [0.15, 0.2) is 26.5 Å². The molecule has 3 aromatic heterocycles. The number of rotatable bonds is 4. The fraction of sp³-hybridized carbons (Fsp3) is 0.312. The molecule has 0 saturated heterocycles. The summed E-state index contributed by atoms with van der Waals surface area (Å²) in [6.45, 7) is 0. The van der Waals surface area contributed by atoms with E-state index in [2.05, 4.69) is 9.97 Å². The molecule has 0 spiro atoms. The molecular formula is C16H14N2O4S2. The van der Waals surface area contributed by atoms with E-state index in [0.717, 1.165) is 29.5 Å². The van der Waals surface area contributed by atoms with E-state index < -0.39 is 5.97 Å². The van der Waals surface area contributed by atoms with E-state index in [-0.39, 0.29) is 11.3 Å². The maximum absolute atomic E-state index is 12.4. The van der Waals surface area contributed by atoms with Gasteiger partial charge in [0, 0.05) is 4.88 Å². The normalized spacial score (nSPS) is 14.0. The van der Waals surface area contributed by atoms with Crippen LogP contribution >= 0.6 is 23.1 Å². The van der Waals surface area contributed by atoms with Crippen molar-refractivity contribution >= 4 is 39.3 Å². The van der Waals surface area contributed by atoms with E-state index in [1.165, 1.54) is 34.7 Å². The second kappa shape index (κ2) is 6.10. The summed E-state index contributed by atoms with van der Waals surface area (Å²) in [7, 11) is 0. The van der Waals surface area contributed by atoms with Crippen LogP contribution in [0.3, 0.4) is 0 Å². The van der Waals surface area contributed by atoms with Gasteiger partial charge in [-0.1, -0.05) is 11.8 Å². The van der Waals surface area contributed by atoms with Crippen molar-refractivity contribution in [1.82, 2.24) is 9.97 Å². The molecular weight excluding hydrogens is 348 g/mol. The number of aromatic carboxylic acids is 1. The van der Waals surface area contributed by atoms with Crippen LogP contribution in [0.4, 0.5) is 0 Å². The number of carboxylic acids is 1. The van der Waals surface area contributed by atoms with Gasteiger partial charge in [0.2, 0.25) is 5.76 Å². The summed E-state index contributed by atoms with van der Waals surface area (Å²) in [6, 6.07) is 3.04. The standard InChI is InChI=1S/C16H14N2O4S2/c19-13-12-9-3-1-2-4-11(9)24-14(12)18-16(17-13)23-7-8-5-6-10(22-8)15(20)21/h5-6H,1-4,7H2,(H,20,21)(H,17,18,19). The zero-order valence-electron chi connectivity index (χ0n) is 12.6. The van der Waals surface area contributed by atoms with Gasteiger partial charge in [0.25, 0.3) is 5.56 Å². The molecule has 0 bridgehead atoms. The highest BCUT2D eigenvalue weighted by Gasteiger charge is 2.20. The molecule has 8 heteroatoms. The minimum Gasteiger partial charge on any atom is -0.475 e. The molecule has 1 aliphatic rings. The Balaban J connectivity index is 1.60. The average Bonchev–Trinajstić information content (AvgIpc) is 3.17. The number of hydrogen-bond acceptors (Lipinski definition) is 6. The van der Waals surface area contributed by atoms with Crippen molar-refractivity contribution in [1.29, 1.82) is 0 Å². The number of aryl methyl sites for hydroxylation is 2. The average molecular weight is 362 g/mol. The van der Waals surface area contributed by atoms with Crippen molar-refractivity contribution in [2.45, 2.75) is 36.6 Å². The highest BCUT2D eigenvalue weighted by molar-refractivity contribution is 7.98. The number of nitrogens with one attached hydrogen (secondary N) is 1. The summed E-state index contributed by atoms with van der Waals surface area (Å²) in [4.78, 5) is 32.7. The first kappa shape index (κ1) is 15.5. The minimum absolute atomic E-state index is 0.0894. The molecule has 6 nitrogen and oxygen atoms in total. The van der Waals surface area contributed by atoms with Crippen LogP contribution in [0.2, 0.25) is 0 Å². The first-order valence-corrected chi connectivity index (χ1v) is 9.41. The van der Waals surface area contributed by atoms with Gasteiger partial charge in [-0.3, -0.25) is 4.79 Å². The third-order valence-electron chi connectivity index (χ3n) is 4.03. The molecule has 2 N–H and O–H groups in total. The van der Waals surface area contributed by atoms with E-state index in [9.17, 15) is 9.59 Å². The first-order chi connectivity index (χ1) is 11.6. The molecule has 0 radical (unpaired) electrons. The lowest BCUT2D eigenvalue weighted by atomic mass is 9.97. The summed E-state index contributed by atoms with van der Waals surface area (Å²) in [5.41, 5.74) is 1.08. The fourth-order valence-electron chi connectivity index (χ4n) is 2.92. The second-order valence-corrected chi connectivity index (χ2v) is 7.67. The van der Waals surface area contributed by atoms with Gasteiger partial charge in [-0.25, -0.2) is 9.78 Å². The molecule has 0 unspecified atom stereocenters. The van der Waals surface area contributed by atoms with E-state index in [1.807, 2.05) is 0 Å². The van der Waals surface area contributed by atoms with Crippen LogP contribution in [0.25, 0.3) is 10.2 Å². The molecule has 3 heterocycles. The number of carbonyl (C=O) groups is 1. The summed E-state index contributed by atoms with van der Waals surface area (Å²) in [5.74, 6) is -0.241. The van der Waals surface area contributed by atoms with Crippen molar-refractivity contribution in [3.8, 4) is 0 Å². The number of fused-ring (bicyclic) bond motifs is 3. The highest BCUT2D eigenvalue weighted by Crippen LogP contribution is 2.34. The largest absolute Gasteiger partial charge is 0.475 e. The Labute approximate surface area is 144 Å². The third kappa shape index (κ3) is 2.76. The van der Waals surface area contributed by atoms with Crippen molar-refractivity contribution in [2.75, 3.05) is 0 Å². The zero-order valence-corrected chi connectivity index (χ0v) is 14.3. The zero-order chi connectivity index (χ0) is 16.7. The molecule has 0 saturated carbocycles. The van der Waals surface area contributed by atoms with Gasteiger partial charge in [-0.05, 0) is 43.4 Å². The van der Waals surface area contributed by atoms with Crippen LogP contribution in [0, 0.1) is 0 Å². The Bertz CT molecular complexity index is 986. The SMILES string of the molecule is O=C(O)c1ccc(CSc2nc3sc4c(c3c(=O)[nH]2)CCCC4)o1. The number of thioether (sulfide) groups is 1. The molecule has 0 atom stereocenters. The molecule has 24 heavy (non-hydrogen) atoms. The van der Waals surface area contributed by atoms with Crippen molar-refractivity contribution in [3.63, 3.8) is 0 Å². The third-order valence-corrected chi connectivity index (χ3v) is 6.11. The topological polar surface area (TPSA) is 96.2 Å². The number of aromatic amines is 1. The highest BCUT2D eigenvalue weighted by atomic mass is 32.2. The van der Waals surface area contributed by atoms with Gasteiger partial charge >= 0.3 is 5.97 Å². The smallest absolute Gasteiger partial charge is 0.371 e. The number of carboxylic acid groups (broad SMARTS) is 1. The minimum atomic E-state index is -1.09. The quantitative estimate of drug-likeness (QED) is 0.545. The number of thiophene rings is 1. The summed E-state index contributed by atoms with van der Waals surface area (Å²) >= 11 is 2.94. The Morgan fingerprint density at radius 1 is 1.38 bits per heavy atom. The number of H-pyrrole nitrogens is 1. The molecule has 0 fully saturated rings. The van der Waals surface area contributed by atoms with Crippen molar-refractivity contribution in [3.05, 3.63) is 44.4 Å². The fourth-order valence-corrected chi connectivity index (χ4v) is 5.00. The summed E-state index contributed by atoms with van der Waals surface area (Å²) in [5, 5.41) is 10.1. The number of hydrogen-bond donors (Lipinski definition) is 2. The predicted octanol–water partition coefficient (Wildman–Crippen LogP) is 3.45. The number of nitrogens with zero attached hydrogens (tertiary/aromatic N) is 1. The van der Waals surface area contributed by atoms with Crippen molar-refractivity contribution in [2.24, 2.45) is 0 Å². The van der Waals surface area contributed by atoms with Crippen LogP contribution < -0.4 is 5.56 Å². The monoisotopic (exact) mass is 362 g/mol. The first-order valence-electron chi connectivity index (χ1n) is 7.61. The lowest BCUT2D eigenvalue weighted by molar-refractivity contribution is 0.0661. The Hall–Kier alpha value is -2.06. The summed E-state index contributed by atoms with van der Waals surface area (Å²) < 4.78 is 5.21. The molecule has 0 amide bonds. The van der Waals surface area contributed by atoms with Gasteiger partial charge in [-0.2, -0.15) is 0 Å².